The molecule has 0 heterocycles. The Bertz CT molecular complexity index is 1070. The van der Waals surface area contributed by atoms with Crippen LogP contribution in [0, 0.1) is 22.7 Å². The molecule has 3 aromatic rings. The van der Waals surface area contributed by atoms with Crippen LogP contribution in [0.3, 0.4) is 0 Å². The third kappa shape index (κ3) is 5.40. The average molecular weight is 447 g/mol. The van der Waals surface area contributed by atoms with Gasteiger partial charge in [-0.15, -0.1) is 0 Å². The maximum absolute atomic E-state index is 9.01. The van der Waals surface area contributed by atoms with E-state index in [1.54, 1.807) is 0 Å². The van der Waals surface area contributed by atoms with Gasteiger partial charge < -0.3 is 0 Å². The third-order valence-electron chi connectivity index (χ3n) is 7.57. The number of hydrogen-bond donors (Lipinski definition) is 0. The zero-order valence-electron chi connectivity index (χ0n) is 20.0. The van der Waals surface area contributed by atoms with E-state index in [-0.39, 0.29) is 11.3 Å². The molecule has 34 heavy (non-hydrogen) atoms. The second kappa shape index (κ2) is 11.7. The Balaban J connectivity index is 1.71. The van der Waals surface area contributed by atoms with Gasteiger partial charge in [-0.25, -0.2) is 0 Å². The van der Waals surface area contributed by atoms with E-state index in [0.29, 0.717) is 12.8 Å². The number of nitrogens with zero attached hydrogens (tertiary/aromatic N) is 2. The molecule has 0 aliphatic heterocycles. The summed E-state index contributed by atoms with van der Waals surface area (Å²) in [7, 11) is 0. The highest BCUT2D eigenvalue weighted by molar-refractivity contribution is 5.49. The standard InChI is InChI=1S/C32H34N2/c33-23-11-3-9-20-32(21-10-4-12-24-34)22-19-26-17-18-29(25-30(26)32)31(27-13-5-1-6-14-27)28-15-7-2-8-16-28/h1-2,5-8,13-18,25,31H,3-4,9-12,19-22H2. The van der Waals surface area contributed by atoms with Crippen LogP contribution in [0.15, 0.2) is 78.9 Å². The summed E-state index contributed by atoms with van der Waals surface area (Å²) in [4.78, 5) is 0. The van der Waals surface area contributed by atoms with Crippen molar-refractivity contribution in [3.05, 3.63) is 107 Å². The van der Waals surface area contributed by atoms with Crippen molar-refractivity contribution in [2.45, 2.75) is 75.5 Å². The van der Waals surface area contributed by atoms with Crippen molar-refractivity contribution in [3.8, 4) is 12.1 Å². The maximum Gasteiger partial charge on any atom is 0.0621 e. The van der Waals surface area contributed by atoms with Crippen LogP contribution in [0.2, 0.25) is 0 Å². The fourth-order valence-corrected chi connectivity index (χ4v) is 5.84. The lowest BCUT2D eigenvalue weighted by Crippen LogP contribution is -2.23. The molecule has 0 aromatic heterocycles. The third-order valence-corrected chi connectivity index (χ3v) is 7.57. The molecule has 0 saturated carbocycles. The largest absolute Gasteiger partial charge is 0.198 e. The Morgan fingerprint density at radius 3 is 1.76 bits per heavy atom. The fraction of sp³-hybridized carbons (Fsp3) is 0.375. The van der Waals surface area contributed by atoms with E-state index in [0.717, 1.165) is 44.9 Å². The van der Waals surface area contributed by atoms with Crippen LogP contribution in [0.25, 0.3) is 0 Å². The second-order valence-electron chi connectivity index (χ2n) is 9.68. The normalized spacial score (nSPS) is 13.9. The molecule has 4 rings (SSSR count). The number of benzene rings is 3. The lowest BCUT2D eigenvalue weighted by Gasteiger charge is -2.32. The number of aryl methyl sites for hydroxylation is 1. The monoisotopic (exact) mass is 446 g/mol. The molecule has 0 saturated heterocycles. The van der Waals surface area contributed by atoms with Gasteiger partial charge in [0.1, 0.15) is 0 Å². The van der Waals surface area contributed by atoms with Gasteiger partial charge in [0.05, 0.1) is 12.1 Å². The van der Waals surface area contributed by atoms with Gasteiger partial charge in [0.2, 0.25) is 0 Å². The van der Waals surface area contributed by atoms with Crippen molar-refractivity contribution >= 4 is 0 Å². The first-order chi connectivity index (χ1) is 16.8. The molecule has 0 fully saturated rings. The molecule has 0 spiro atoms. The average Bonchev–Trinajstić information content (AvgIpc) is 3.24. The molecule has 3 aromatic carbocycles. The van der Waals surface area contributed by atoms with E-state index >= 15 is 0 Å². The Morgan fingerprint density at radius 1 is 0.676 bits per heavy atom. The van der Waals surface area contributed by atoms with E-state index in [4.69, 9.17) is 10.5 Å². The minimum Gasteiger partial charge on any atom is -0.198 e. The van der Waals surface area contributed by atoms with E-state index in [9.17, 15) is 0 Å². The molecule has 1 aliphatic rings. The van der Waals surface area contributed by atoms with Crippen LogP contribution in [0.5, 0.6) is 0 Å². The van der Waals surface area contributed by atoms with Crippen LogP contribution in [0.1, 0.15) is 91.5 Å². The predicted octanol–water partition coefficient (Wildman–Crippen LogP) is 8.22. The minimum absolute atomic E-state index is 0.175. The lowest BCUT2D eigenvalue weighted by molar-refractivity contribution is 0.337. The number of rotatable bonds is 11. The Labute approximate surface area is 204 Å². The topological polar surface area (TPSA) is 47.6 Å². The Morgan fingerprint density at radius 2 is 1.24 bits per heavy atom. The molecule has 172 valence electrons. The molecule has 2 heteroatoms. The number of fused-ring (bicyclic) bond motifs is 1. The summed E-state index contributed by atoms with van der Waals surface area (Å²) in [5.41, 5.74) is 7.19. The Hall–Kier alpha value is -3.36. The summed E-state index contributed by atoms with van der Waals surface area (Å²) in [6.07, 6.45) is 10.0. The molecular weight excluding hydrogens is 412 g/mol. The molecule has 0 amide bonds. The van der Waals surface area contributed by atoms with Gasteiger partial charge in [0, 0.05) is 18.8 Å². The van der Waals surface area contributed by atoms with Crippen molar-refractivity contribution < 1.29 is 0 Å². The molecule has 0 unspecified atom stereocenters. The van der Waals surface area contributed by atoms with Crippen molar-refractivity contribution in [1.82, 2.24) is 0 Å². The Kier molecular flexibility index (Phi) is 8.17. The number of nitriles is 2. The SMILES string of the molecule is N#CCCCCC1(CCCCC#N)CCc2ccc(C(c3ccccc3)c3ccccc3)cc21. The zero-order chi connectivity index (χ0) is 23.6. The maximum atomic E-state index is 9.01. The van der Waals surface area contributed by atoms with E-state index in [1.807, 2.05) is 0 Å². The van der Waals surface area contributed by atoms with Gasteiger partial charge in [-0.05, 0) is 71.8 Å². The van der Waals surface area contributed by atoms with Gasteiger partial charge >= 0.3 is 0 Å². The van der Waals surface area contributed by atoms with Gasteiger partial charge in [-0.1, -0.05) is 91.7 Å². The molecule has 0 N–H and O–H groups in total. The molecule has 2 nitrogen and oxygen atoms in total. The minimum atomic E-state index is 0.175. The molecule has 0 radical (unpaired) electrons. The molecule has 0 atom stereocenters. The van der Waals surface area contributed by atoms with Crippen molar-refractivity contribution in [3.63, 3.8) is 0 Å². The van der Waals surface area contributed by atoms with Gasteiger partial charge in [-0.2, -0.15) is 10.5 Å². The summed E-state index contributed by atoms with van der Waals surface area (Å²) in [6.45, 7) is 0. The van der Waals surface area contributed by atoms with E-state index in [1.165, 1.54) is 34.2 Å². The van der Waals surface area contributed by atoms with Gasteiger partial charge in [-0.3, -0.25) is 0 Å². The number of unbranched alkanes of at least 4 members (excludes halogenated alkanes) is 4. The first kappa shape index (κ1) is 23.8. The fourth-order valence-electron chi connectivity index (χ4n) is 5.84. The molecular formula is C32H34N2. The lowest BCUT2D eigenvalue weighted by atomic mass is 9.72. The van der Waals surface area contributed by atoms with Crippen LogP contribution in [0.4, 0.5) is 0 Å². The van der Waals surface area contributed by atoms with Crippen LogP contribution in [-0.2, 0) is 11.8 Å². The van der Waals surface area contributed by atoms with Gasteiger partial charge in [0.25, 0.3) is 0 Å². The highest BCUT2D eigenvalue weighted by Crippen LogP contribution is 2.48. The summed E-state index contributed by atoms with van der Waals surface area (Å²) < 4.78 is 0. The van der Waals surface area contributed by atoms with Gasteiger partial charge in [0.15, 0.2) is 0 Å². The first-order valence-corrected chi connectivity index (χ1v) is 12.7. The second-order valence-corrected chi connectivity index (χ2v) is 9.68. The zero-order valence-corrected chi connectivity index (χ0v) is 20.0. The van der Waals surface area contributed by atoms with Crippen LogP contribution < -0.4 is 0 Å². The quantitative estimate of drug-likeness (QED) is 0.220. The van der Waals surface area contributed by atoms with Crippen LogP contribution in [-0.4, -0.2) is 0 Å². The predicted molar refractivity (Wildman–Crippen MR) is 138 cm³/mol. The summed E-state index contributed by atoms with van der Waals surface area (Å²) in [6, 6.07) is 33.5. The molecule has 0 bridgehead atoms. The van der Waals surface area contributed by atoms with Crippen molar-refractivity contribution in [1.29, 1.82) is 10.5 Å². The van der Waals surface area contributed by atoms with E-state index < -0.39 is 0 Å². The first-order valence-electron chi connectivity index (χ1n) is 12.7. The van der Waals surface area contributed by atoms with Crippen molar-refractivity contribution in [2.75, 3.05) is 0 Å². The van der Waals surface area contributed by atoms with Crippen LogP contribution >= 0.6 is 0 Å². The summed E-state index contributed by atoms with van der Waals surface area (Å²) in [5, 5.41) is 18.0. The summed E-state index contributed by atoms with van der Waals surface area (Å²) >= 11 is 0. The smallest absolute Gasteiger partial charge is 0.0621 e. The highest BCUT2D eigenvalue weighted by Gasteiger charge is 2.38. The number of hydrogen-bond acceptors (Lipinski definition) is 2. The highest BCUT2D eigenvalue weighted by atomic mass is 14.4. The summed E-state index contributed by atoms with van der Waals surface area (Å²) in [5.74, 6) is 0.211. The van der Waals surface area contributed by atoms with E-state index in [2.05, 4.69) is 91.0 Å². The molecule has 1 aliphatic carbocycles. The van der Waals surface area contributed by atoms with Crippen molar-refractivity contribution in [2.24, 2.45) is 0 Å².